The van der Waals surface area contributed by atoms with Gasteiger partial charge in [0.15, 0.2) is 11.5 Å². The molecule has 1 saturated carbocycles. The summed E-state index contributed by atoms with van der Waals surface area (Å²) in [7, 11) is -3.41. The first-order chi connectivity index (χ1) is 15.9. The van der Waals surface area contributed by atoms with E-state index in [1.807, 2.05) is 42.5 Å². The fourth-order valence-corrected chi connectivity index (χ4v) is 10.9. The quantitative estimate of drug-likeness (QED) is 0.362. The lowest BCUT2D eigenvalue weighted by Crippen LogP contribution is -2.35. The minimum Gasteiger partial charge on any atom is -0.504 e. The Labute approximate surface area is 199 Å². The topological polar surface area (TPSA) is 57.5 Å². The molecule has 3 aromatic rings. The summed E-state index contributed by atoms with van der Waals surface area (Å²) in [6.07, 6.45) is 3.24. The van der Waals surface area contributed by atoms with Crippen LogP contribution in [0.4, 0.5) is 0 Å². The number of hydrogen-bond acceptors (Lipinski definition) is 3. The van der Waals surface area contributed by atoms with Gasteiger partial charge in [0.25, 0.3) is 0 Å². The Morgan fingerprint density at radius 1 is 0.879 bits per heavy atom. The molecule has 174 valence electrons. The Kier molecular flexibility index (Phi) is 7.62. The van der Waals surface area contributed by atoms with Gasteiger partial charge in [0.05, 0.1) is 0 Å². The molecule has 2 N–H and O–H groups in total. The zero-order chi connectivity index (χ0) is 23.5. The van der Waals surface area contributed by atoms with Gasteiger partial charge >= 0.3 is 0 Å². The van der Waals surface area contributed by atoms with Crippen LogP contribution in [0.3, 0.4) is 0 Å². The van der Waals surface area contributed by atoms with Gasteiger partial charge in [-0.15, -0.1) is 0 Å². The van der Waals surface area contributed by atoms with Crippen LogP contribution in [-0.4, -0.2) is 15.9 Å². The summed E-state index contributed by atoms with van der Waals surface area (Å²) in [5.74, 6) is 1.15. The summed E-state index contributed by atoms with van der Waals surface area (Å²) in [6, 6.07) is 23.5. The van der Waals surface area contributed by atoms with Crippen LogP contribution in [0.5, 0.6) is 11.5 Å². The highest BCUT2D eigenvalue weighted by molar-refractivity contribution is 7.81. The molecule has 33 heavy (non-hydrogen) atoms. The van der Waals surface area contributed by atoms with E-state index in [0.29, 0.717) is 23.1 Å². The smallest absolute Gasteiger partial charge is 0.166 e. The molecule has 0 aliphatic heterocycles. The monoisotopic (exact) mass is 480 g/mol. The molecule has 1 aliphatic carbocycles. The molecule has 0 radical (unpaired) electrons. The molecule has 0 amide bonds. The van der Waals surface area contributed by atoms with E-state index in [-0.39, 0.29) is 17.2 Å². The van der Waals surface area contributed by atoms with Gasteiger partial charge in [-0.1, -0.05) is 87.9 Å². The number of benzene rings is 3. The second-order valence-corrected chi connectivity index (χ2v) is 13.8. The van der Waals surface area contributed by atoms with Gasteiger partial charge in [-0.25, -0.2) is 0 Å². The fraction of sp³-hybridized carbons (Fsp3) is 0.357. The van der Waals surface area contributed by atoms with Crippen molar-refractivity contribution in [1.29, 1.82) is 0 Å². The number of rotatable bonds is 6. The summed E-state index contributed by atoms with van der Waals surface area (Å²) in [5, 5.41) is 25.2. The third-order valence-electron chi connectivity index (χ3n) is 7.01. The van der Waals surface area contributed by atoms with Crippen molar-refractivity contribution in [3.05, 3.63) is 72.8 Å². The predicted octanol–water partition coefficient (Wildman–Crippen LogP) is 5.50. The Morgan fingerprint density at radius 3 is 2.00 bits per heavy atom. The lowest BCUT2D eigenvalue weighted by atomic mass is 9.77. The van der Waals surface area contributed by atoms with Crippen LogP contribution < -0.4 is 21.2 Å². The zero-order valence-corrected chi connectivity index (χ0v) is 21.5. The summed E-state index contributed by atoms with van der Waals surface area (Å²) in [6.45, 7) is 6.73. The van der Waals surface area contributed by atoms with Gasteiger partial charge in [-0.2, -0.15) is 0 Å². The van der Waals surface area contributed by atoms with Crippen LogP contribution in [0.25, 0.3) is 0 Å². The van der Waals surface area contributed by atoms with Crippen molar-refractivity contribution >= 4 is 36.9 Å². The van der Waals surface area contributed by atoms with E-state index in [9.17, 15) is 14.8 Å². The molecule has 1 fully saturated rings. The normalized spacial score (nSPS) is 21.9. The fourth-order valence-electron chi connectivity index (χ4n) is 5.26. The Bertz CT molecular complexity index is 1060. The standard InChI is InChI=1S/C28H34O3P2/c1-19(2)23-15-14-20(3)18-26(23)33(31)25-17-16-24(29)27(30)28(25)32(21-10-6-4-7-11-21)22-12-8-5-9-13-22/h4-13,16-17,19-20,23,26,29-30,33H,14-15,18H2,1-3H3/t20-,23+,26-/m1/s1. The van der Waals surface area contributed by atoms with Crippen LogP contribution in [0.1, 0.15) is 40.0 Å². The van der Waals surface area contributed by atoms with Crippen molar-refractivity contribution in [2.24, 2.45) is 17.8 Å². The van der Waals surface area contributed by atoms with E-state index in [1.165, 1.54) is 12.5 Å². The minimum atomic E-state index is -2.23. The SMILES string of the molecule is CC(C)[C@@H]1CC[C@@H](C)C[C@H]1[PH](=O)c1ccc(O)c(O)c1P(c1ccccc1)c1ccccc1. The highest BCUT2D eigenvalue weighted by Crippen LogP contribution is 2.48. The lowest BCUT2D eigenvalue weighted by Gasteiger charge is -2.37. The molecule has 3 aromatic carbocycles. The van der Waals surface area contributed by atoms with Crippen LogP contribution in [-0.2, 0) is 4.57 Å². The van der Waals surface area contributed by atoms with E-state index in [1.54, 1.807) is 0 Å². The zero-order valence-electron chi connectivity index (χ0n) is 19.6. The predicted molar refractivity (Wildman–Crippen MR) is 142 cm³/mol. The van der Waals surface area contributed by atoms with Gasteiger partial charge in [0, 0.05) is 16.3 Å². The molecule has 1 aliphatic rings. The summed E-state index contributed by atoms with van der Waals surface area (Å²) in [4.78, 5) is 0. The number of phenols is 2. The van der Waals surface area contributed by atoms with Gasteiger partial charge in [0.1, 0.15) is 7.80 Å². The van der Waals surface area contributed by atoms with Crippen LogP contribution >= 0.6 is 15.7 Å². The highest BCUT2D eigenvalue weighted by Gasteiger charge is 2.37. The Morgan fingerprint density at radius 2 is 1.45 bits per heavy atom. The van der Waals surface area contributed by atoms with Crippen molar-refractivity contribution < 1.29 is 14.8 Å². The van der Waals surface area contributed by atoms with E-state index in [2.05, 4.69) is 45.0 Å². The van der Waals surface area contributed by atoms with Gasteiger partial charge in [-0.3, -0.25) is 0 Å². The maximum Gasteiger partial charge on any atom is 0.166 e. The summed E-state index contributed by atoms with van der Waals surface area (Å²) >= 11 is 0. The van der Waals surface area contributed by atoms with E-state index < -0.39 is 15.7 Å². The van der Waals surface area contributed by atoms with Gasteiger partial charge in [0.2, 0.25) is 0 Å². The van der Waals surface area contributed by atoms with E-state index in [4.69, 9.17) is 0 Å². The highest BCUT2D eigenvalue weighted by atomic mass is 31.1. The first-order valence-corrected chi connectivity index (χ1v) is 14.7. The number of aromatic hydroxyl groups is 2. The molecule has 0 heterocycles. The molecule has 4 atom stereocenters. The molecule has 0 spiro atoms. The molecule has 0 saturated heterocycles. The second kappa shape index (κ2) is 10.5. The summed E-state index contributed by atoms with van der Waals surface area (Å²) < 4.78 is 14.3. The lowest BCUT2D eigenvalue weighted by molar-refractivity contribution is 0.239. The maximum atomic E-state index is 14.3. The van der Waals surface area contributed by atoms with Crippen molar-refractivity contribution in [2.75, 3.05) is 0 Å². The van der Waals surface area contributed by atoms with E-state index in [0.717, 1.165) is 28.8 Å². The van der Waals surface area contributed by atoms with Crippen molar-refractivity contribution in [3.63, 3.8) is 0 Å². The molecule has 3 nitrogen and oxygen atoms in total. The van der Waals surface area contributed by atoms with Gasteiger partial charge < -0.3 is 14.8 Å². The van der Waals surface area contributed by atoms with E-state index >= 15 is 0 Å². The molecule has 5 heteroatoms. The molecule has 4 rings (SSSR count). The van der Waals surface area contributed by atoms with Crippen LogP contribution in [0.15, 0.2) is 72.8 Å². The van der Waals surface area contributed by atoms with Crippen molar-refractivity contribution in [3.8, 4) is 11.5 Å². The third kappa shape index (κ3) is 5.06. The third-order valence-corrected chi connectivity index (χ3v) is 12.0. The minimum absolute atomic E-state index is 0.116. The first-order valence-electron chi connectivity index (χ1n) is 11.9. The molecular formula is C28H34O3P2. The second-order valence-electron chi connectivity index (χ2n) is 9.63. The average Bonchev–Trinajstić information content (AvgIpc) is 2.83. The molecule has 1 unspecified atom stereocenters. The summed E-state index contributed by atoms with van der Waals surface area (Å²) in [5.41, 5.74) is 0.116. The first kappa shape index (κ1) is 24.1. The Hall–Kier alpha value is -2.08. The Balaban J connectivity index is 1.90. The van der Waals surface area contributed by atoms with Crippen molar-refractivity contribution in [2.45, 2.75) is 45.7 Å². The number of hydrogen-bond donors (Lipinski definition) is 2. The number of phenolic OH excluding ortho intramolecular Hbond substituents is 2. The average molecular weight is 481 g/mol. The molecule has 0 bridgehead atoms. The van der Waals surface area contributed by atoms with Crippen LogP contribution in [0.2, 0.25) is 0 Å². The van der Waals surface area contributed by atoms with Gasteiger partial charge in [-0.05, 0) is 61.3 Å². The van der Waals surface area contributed by atoms with Crippen molar-refractivity contribution in [1.82, 2.24) is 0 Å². The maximum absolute atomic E-state index is 14.3. The molecular weight excluding hydrogens is 446 g/mol. The van der Waals surface area contributed by atoms with Crippen LogP contribution in [0, 0.1) is 17.8 Å². The molecule has 0 aromatic heterocycles. The largest absolute Gasteiger partial charge is 0.504 e.